The molecule has 1 aliphatic carbocycles. The summed E-state index contributed by atoms with van der Waals surface area (Å²) >= 11 is 0. The van der Waals surface area contributed by atoms with E-state index in [2.05, 4.69) is 5.32 Å². The van der Waals surface area contributed by atoms with Crippen LogP contribution in [0, 0.1) is 0 Å². The molecule has 0 radical (unpaired) electrons. The summed E-state index contributed by atoms with van der Waals surface area (Å²) in [5, 5.41) is 2.84. The van der Waals surface area contributed by atoms with Gasteiger partial charge in [0.2, 0.25) is 0 Å². The number of carbonyl (C=O) groups is 3. The lowest BCUT2D eigenvalue weighted by Crippen LogP contribution is -2.40. The van der Waals surface area contributed by atoms with E-state index in [4.69, 9.17) is 4.74 Å². The van der Waals surface area contributed by atoms with Crippen LogP contribution in [0.3, 0.4) is 0 Å². The molecule has 6 heteroatoms. The molecule has 6 nitrogen and oxygen atoms in total. The number of amides is 3. The van der Waals surface area contributed by atoms with Gasteiger partial charge in [0.05, 0.1) is 17.2 Å². The van der Waals surface area contributed by atoms with Crippen molar-refractivity contribution in [2.75, 3.05) is 13.2 Å². The minimum Gasteiger partial charge on any atom is -0.379 e. The Morgan fingerprint density at radius 2 is 1.85 bits per heavy atom. The van der Waals surface area contributed by atoms with Gasteiger partial charge in [0.15, 0.2) is 0 Å². The lowest BCUT2D eigenvalue weighted by atomic mass is 9.94. The summed E-state index contributed by atoms with van der Waals surface area (Å²) in [5.74, 6) is -0.722. The Labute approximate surface area is 160 Å². The number of carbonyl (C=O) groups excluding carboxylic acids is 3. The van der Waals surface area contributed by atoms with Crippen molar-refractivity contribution < 1.29 is 19.1 Å². The number of benzene rings is 1. The van der Waals surface area contributed by atoms with Gasteiger partial charge in [-0.3, -0.25) is 19.3 Å². The fourth-order valence-corrected chi connectivity index (χ4v) is 3.77. The van der Waals surface area contributed by atoms with Crippen molar-refractivity contribution in [1.82, 2.24) is 10.2 Å². The topological polar surface area (TPSA) is 75.7 Å². The normalized spacial score (nSPS) is 17.5. The van der Waals surface area contributed by atoms with Gasteiger partial charge in [0.1, 0.15) is 0 Å². The van der Waals surface area contributed by atoms with Crippen LogP contribution in [-0.2, 0) is 4.74 Å². The fraction of sp³-hybridized carbons (Fsp3) is 0.571. The van der Waals surface area contributed by atoms with E-state index in [-0.39, 0.29) is 29.9 Å². The number of rotatable bonds is 7. The largest absolute Gasteiger partial charge is 0.379 e. The monoisotopic (exact) mass is 372 g/mol. The smallest absolute Gasteiger partial charge is 0.261 e. The van der Waals surface area contributed by atoms with Crippen LogP contribution in [0.15, 0.2) is 18.2 Å². The molecule has 3 amide bonds. The summed E-state index contributed by atoms with van der Waals surface area (Å²) in [7, 11) is 0. The minimum absolute atomic E-state index is 0.00983. The highest BCUT2D eigenvalue weighted by Gasteiger charge is 2.40. The molecule has 0 saturated heterocycles. The van der Waals surface area contributed by atoms with Gasteiger partial charge in [-0.25, -0.2) is 0 Å². The number of nitrogens with zero attached hydrogens (tertiary/aromatic N) is 1. The van der Waals surface area contributed by atoms with E-state index in [0.717, 1.165) is 38.5 Å². The summed E-state index contributed by atoms with van der Waals surface area (Å²) in [6.07, 6.45) is 5.90. The van der Waals surface area contributed by atoms with E-state index < -0.39 is 0 Å². The maximum absolute atomic E-state index is 12.8. The molecule has 1 heterocycles. The van der Waals surface area contributed by atoms with Gasteiger partial charge in [0, 0.05) is 24.8 Å². The Bertz CT molecular complexity index is 723. The summed E-state index contributed by atoms with van der Waals surface area (Å²) in [4.78, 5) is 39.2. The molecule has 3 rings (SSSR count). The van der Waals surface area contributed by atoms with Crippen molar-refractivity contribution >= 4 is 17.7 Å². The third-order valence-corrected chi connectivity index (χ3v) is 5.18. The summed E-state index contributed by atoms with van der Waals surface area (Å²) in [6.45, 7) is 5.03. The molecule has 0 spiro atoms. The Kier molecular flexibility index (Phi) is 6.26. The number of hydrogen-bond donors (Lipinski definition) is 1. The van der Waals surface area contributed by atoms with Crippen molar-refractivity contribution in [3.63, 3.8) is 0 Å². The third kappa shape index (κ3) is 4.38. The predicted octanol–water partition coefficient (Wildman–Crippen LogP) is 3.16. The molecule has 1 aliphatic heterocycles. The minimum atomic E-state index is -0.262. The van der Waals surface area contributed by atoms with E-state index in [1.54, 1.807) is 18.2 Å². The molecule has 1 aromatic rings. The zero-order valence-corrected chi connectivity index (χ0v) is 16.1. The van der Waals surface area contributed by atoms with Crippen molar-refractivity contribution in [2.45, 2.75) is 64.5 Å². The first kappa shape index (κ1) is 19.5. The molecule has 146 valence electrons. The van der Waals surface area contributed by atoms with Gasteiger partial charge in [-0.05, 0) is 51.3 Å². The highest BCUT2D eigenvalue weighted by molar-refractivity contribution is 6.22. The number of nitrogens with one attached hydrogen (secondary N) is 1. The lowest BCUT2D eigenvalue weighted by molar-refractivity contribution is 0.0548. The standard InChI is InChI=1S/C21H28N2O4/c1-14(2)27-12-6-11-22-19(24)15-9-10-17-18(13-15)21(26)23(20(17)25)16-7-4-3-5-8-16/h9-10,13-14,16H,3-8,11-12H2,1-2H3,(H,22,24). The van der Waals surface area contributed by atoms with Gasteiger partial charge in [-0.1, -0.05) is 19.3 Å². The Morgan fingerprint density at radius 3 is 2.56 bits per heavy atom. The van der Waals surface area contributed by atoms with Crippen LogP contribution < -0.4 is 5.32 Å². The second kappa shape index (κ2) is 8.65. The molecule has 1 aromatic carbocycles. The van der Waals surface area contributed by atoms with Crippen LogP contribution >= 0.6 is 0 Å². The molecule has 27 heavy (non-hydrogen) atoms. The SMILES string of the molecule is CC(C)OCCCNC(=O)c1ccc2c(c1)C(=O)N(C1CCCCC1)C2=O. The summed E-state index contributed by atoms with van der Waals surface area (Å²) < 4.78 is 5.45. The molecule has 1 saturated carbocycles. The molecule has 0 aromatic heterocycles. The van der Waals surface area contributed by atoms with Crippen LogP contribution in [0.1, 0.15) is 83.4 Å². The van der Waals surface area contributed by atoms with E-state index in [0.29, 0.717) is 29.8 Å². The van der Waals surface area contributed by atoms with Crippen molar-refractivity contribution in [1.29, 1.82) is 0 Å². The van der Waals surface area contributed by atoms with E-state index in [9.17, 15) is 14.4 Å². The van der Waals surface area contributed by atoms with Gasteiger partial charge in [-0.2, -0.15) is 0 Å². The molecule has 2 aliphatic rings. The van der Waals surface area contributed by atoms with Gasteiger partial charge in [0.25, 0.3) is 17.7 Å². The molecule has 0 unspecified atom stereocenters. The van der Waals surface area contributed by atoms with Crippen molar-refractivity contribution in [3.8, 4) is 0 Å². The van der Waals surface area contributed by atoms with Crippen LogP contribution in [-0.4, -0.2) is 47.9 Å². The van der Waals surface area contributed by atoms with Gasteiger partial charge < -0.3 is 10.1 Å². The second-order valence-electron chi connectivity index (χ2n) is 7.56. The van der Waals surface area contributed by atoms with Gasteiger partial charge in [-0.15, -0.1) is 0 Å². The number of hydrogen-bond acceptors (Lipinski definition) is 4. The van der Waals surface area contributed by atoms with Gasteiger partial charge >= 0.3 is 0 Å². The first-order valence-corrected chi connectivity index (χ1v) is 9.90. The average Bonchev–Trinajstić information content (AvgIpc) is 2.92. The second-order valence-corrected chi connectivity index (χ2v) is 7.56. The average molecular weight is 372 g/mol. The maximum Gasteiger partial charge on any atom is 0.261 e. The number of ether oxygens (including phenoxy) is 1. The summed E-state index contributed by atoms with van der Waals surface area (Å²) in [5.41, 5.74) is 1.17. The van der Waals surface area contributed by atoms with Crippen molar-refractivity contribution in [3.05, 3.63) is 34.9 Å². The predicted molar refractivity (Wildman–Crippen MR) is 102 cm³/mol. The first-order chi connectivity index (χ1) is 13.0. The zero-order chi connectivity index (χ0) is 19.4. The number of fused-ring (bicyclic) bond motifs is 1. The Hall–Kier alpha value is -2.21. The molecular weight excluding hydrogens is 344 g/mol. The van der Waals surface area contributed by atoms with Crippen LogP contribution in [0.4, 0.5) is 0 Å². The number of imide groups is 1. The lowest BCUT2D eigenvalue weighted by Gasteiger charge is -2.29. The zero-order valence-electron chi connectivity index (χ0n) is 16.1. The van der Waals surface area contributed by atoms with E-state index >= 15 is 0 Å². The van der Waals surface area contributed by atoms with Crippen LogP contribution in [0.2, 0.25) is 0 Å². The Balaban J connectivity index is 1.64. The van der Waals surface area contributed by atoms with Crippen LogP contribution in [0.25, 0.3) is 0 Å². The Morgan fingerprint density at radius 1 is 1.15 bits per heavy atom. The van der Waals surface area contributed by atoms with Crippen molar-refractivity contribution in [2.24, 2.45) is 0 Å². The highest BCUT2D eigenvalue weighted by Crippen LogP contribution is 2.31. The van der Waals surface area contributed by atoms with E-state index in [1.165, 1.54) is 4.90 Å². The maximum atomic E-state index is 12.8. The highest BCUT2D eigenvalue weighted by atomic mass is 16.5. The quantitative estimate of drug-likeness (QED) is 0.589. The fourth-order valence-electron chi connectivity index (χ4n) is 3.77. The van der Waals surface area contributed by atoms with E-state index in [1.807, 2.05) is 13.8 Å². The first-order valence-electron chi connectivity index (χ1n) is 9.90. The molecule has 1 N–H and O–H groups in total. The molecule has 0 atom stereocenters. The summed E-state index contributed by atoms with van der Waals surface area (Å²) in [6, 6.07) is 4.77. The molecular formula is C21H28N2O4. The third-order valence-electron chi connectivity index (χ3n) is 5.18. The molecule has 1 fully saturated rings. The van der Waals surface area contributed by atoms with Crippen LogP contribution in [0.5, 0.6) is 0 Å². The molecule has 0 bridgehead atoms.